The highest BCUT2D eigenvalue weighted by Crippen LogP contribution is 2.32. The molecule has 1 N–H and O–H groups in total. The van der Waals surface area contributed by atoms with Crippen molar-refractivity contribution in [3.8, 4) is 0 Å². The molecular formula is C18H31N3O3. The van der Waals surface area contributed by atoms with Crippen LogP contribution in [0.15, 0.2) is 0 Å². The topological polar surface area (TPSA) is 67.6 Å². The maximum Gasteiger partial charge on any atom is 0.272 e. The van der Waals surface area contributed by atoms with Gasteiger partial charge in [0.15, 0.2) is 0 Å². The number of hydrogen-bond acceptors (Lipinski definition) is 4. The first-order valence-electron chi connectivity index (χ1n) is 8.99. The Morgan fingerprint density at radius 2 is 2.00 bits per heavy atom. The summed E-state index contributed by atoms with van der Waals surface area (Å²) in [6.07, 6.45) is 1.90. The summed E-state index contributed by atoms with van der Waals surface area (Å²) in [6, 6.07) is 0. The van der Waals surface area contributed by atoms with E-state index in [1.165, 1.54) is 0 Å². The van der Waals surface area contributed by atoms with E-state index < -0.39 is 5.60 Å². The standard InChI is InChI=1S/C18H31N3O3/c1-7-18(23,8-2)11-20(6)17(22)16-14-10-12(4)24-13(5)15(14)19-21(16)9-3/h12-13,23H,7-11H2,1-6H3/t12-,13+/m0/s1. The molecule has 24 heavy (non-hydrogen) atoms. The van der Waals surface area contributed by atoms with Crippen molar-refractivity contribution < 1.29 is 14.6 Å². The Balaban J connectivity index is 2.35. The second-order valence-electron chi connectivity index (χ2n) is 6.91. The van der Waals surface area contributed by atoms with Crippen LogP contribution in [0.5, 0.6) is 0 Å². The predicted molar refractivity (Wildman–Crippen MR) is 93.1 cm³/mol. The quantitative estimate of drug-likeness (QED) is 0.866. The molecule has 0 spiro atoms. The highest BCUT2D eigenvalue weighted by molar-refractivity contribution is 5.94. The van der Waals surface area contributed by atoms with E-state index in [2.05, 4.69) is 5.10 Å². The van der Waals surface area contributed by atoms with E-state index in [-0.39, 0.29) is 18.1 Å². The third kappa shape index (κ3) is 3.49. The van der Waals surface area contributed by atoms with Crippen LogP contribution in [0.4, 0.5) is 0 Å². The minimum absolute atomic E-state index is 0.0714. The first-order valence-corrected chi connectivity index (χ1v) is 8.99. The largest absolute Gasteiger partial charge is 0.388 e. The molecule has 0 saturated heterocycles. The van der Waals surface area contributed by atoms with E-state index in [9.17, 15) is 9.90 Å². The number of carbonyl (C=O) groups excluding carboxylic acids is 1. The highest BCUT2D eigenvalue weighted by Gasteiger charge is 2.34. The molecule has 1 aliphatic heterocycles. The van der Waals surface area contributed by atoms with Crippen LogP contribution in [0.2, 0.25) is 0 Å². The molecule has 0 fully saturated rings. The molecule has 0 saturated carbocycles. The number of aryl methyl sites for hydroxylation is 1. The molecule has 0 bridgehead atoms. The highest BCUT2D eigenvalue weighted by atomic mass is 16.5. The number of aliphatic hydroxyl groups is 1. The van der Waals surface area contributed by atoms with Gasteiger partial charge >= 0.3 is 0 Å². The molecule has 0 radical (unpaired) electrons. The first-order chi connectivity index (χ1) is 11.3. The third-order valence-electron chi connectivity index (χ3n) is 5.09. The molecular weight excluding hydrogens is 306 g/mol. The maximum atomic E-state index is 13.1. The van der Waals surface area contributed by atoms with Crippen LogP contribution >= 0.6 is 0 Å². The van der Waals surface area contributed by atoms with Crippen LogP contribution in [0.25, 0.3) is 0 Å². The molecule has 1 aromatic heterocycles. The fourth-order valence-corrected chi connectivity index (χ4v) is 3.43. The molecule has 0 aliphatic carbocycles. The fourth-order valence-electron chi connectivity index (χ4n) is 3.43. The van der Waals surface area contributed by atoms with Crippen LogP contribution in [0.1, 0.15) is 75.3 Å². The molecule has 0 unspecified atom stereocenters. The number of fused-ring (bicyclic) bond motifs is 1. The van der Waals surface area contributed by atoms with Gasteiger partial charge < -0.3 is 14.7 Å². The Morgan fingerprint density at radius 3 is 2.54 bits per heavy atom. The zero-order valence-electron chi connectivity index (χ0n) is 15.8. The van der Waals surface area contributed by atoms with Crippen molar-refractivity contribution in [1.29, 1.82) is 0 Å². The molecule has 6 nitrogen and oxygen atoms in total. The van der Waals surface area contributed by atoms with Gasteiger partial charge in [-0.1, -0.05) is 13.8 Å². The number of carbonyl (C=O) groups is 1. The van der Waals surface area contributed by atoms with Crippen molar-refractivity contribution in [2.45, 2.75) is 78.2 Å². The molecule has 136 valence electrons. The van der Waals surface area contributed by atoms with Crippen molar-refractivity contribution >= 4 is 5.91 Å². The van der Waals surface area contributed by atoms with Gasteiger partial charge in [0.2, 0.25) is 0 Å². The van der Waals surface area contributed by atoms with Gasteiger partial charge in [0, 0.05) is 32.1 Å². The molecule has 2 atom stereocenters. The molecule has 1 amide bonds. The number of hydrogen-bond donors (Lipinski definition) is 1. The smallest absolute Gasteiger partial charge is 0.272 e. The van der Waals surface area contributed by atoms with E-state index >= 15 is 0 Å². The summed E-state index contributed by atoms with van der Waals surface area (Å²) in [4.78, 5) is 14.7. The summed E-state index contributed by atoms with van der Waals surface area (Å²) in [5.74, 6) is -0.0766. The average Bonchev–Trinajstić information content (AvgIpc) is 2.92. The molecule has 6 heteroatoms. The van der Waals surface area contributed by atoms with Crippen molar-refractivity contribution in [3.05, 3.63) is 17.0 Å². The Kier molecular flexibility index (Phi) is 5.71. The van der Waals surface area contributed by atoms with E-state index in [1.807, 2.05) is 34.6 Å². The Morgan fingerprint density at radius 1 is 1.38 bits per heavy atom. The predicted octanol–water partition coefficient (Wildman–Crippen LogP) is 2.55. The summed E-state index contributed by atoms with van der Waals surface area (Å²) in [5, 5.41) is 15.2. The van der Waals surface area contributed by atoms with Gasteiger partial charge in [-0.25, -0.2) is 0 Å². The van der Waals surface area contributed by atoms with Gasteiger partial charge in [-0.2, -0.15) is 5.10 Å². The van der Waals surface area contributed by atoms with Gasteiger partial charge in [0.25, 0.3) is 5.91 Å². The SMILES string of the molecule is CCn1nc2c(c1C(=O)N(C)CC(O)(CC)CC)C[C@H](C)O[C@@H]2C. The molecule has 1 aliphatic rings. The van der Waals surface area contributed by atoms with Crippen molar-refractivity contribution in [3.63, 3.8) is 0 Å². The van der Waals surface area contributed by atoms with Crippen LogP contribution < -0.4 is 0 Å². The Hall–Kier alpha value is -1.40. The van der Waals surface area contributed by atoms with Crippen LogP contribution in [-0.2, 0) is 17.7 Å². The summed E-state index contributed by atoms with van der Waals surface area (Å²) in [6.45, 7) is 10.8. The van der Waals surface area contributed by atoms with Crippen LogP contribution in [-0.4, -0.2) is 51.0 Å². The van der Waals surface area contributed by atoms with Crippen molar-refractivity contribution in [1.82, 2.24) is 14.7 Å². The number of rotatable bonds is 6. The second-order valence-corrected chi connectivity index (χ2v) is 6.91. The minimum Gasteiger partial charge on any atom is -0.388 e. The van der Waals surface area contributed by atoms with Gasteiger partial charge in [-0.05, 0) is 33.6 Å². The van der Waals surface area contributed by atoms with Crippen molar-refractivity contribution in [2.24, 2.45) is 0 Å². The number of aromatic nitrogens is 2. The molecule has 2 heterocycles. The first kappa shape index (κ1) is 18.9. The van der Waals surface area contributed by atoms with Crippen LogP contribution in [0, 0.1) is 0 Å². The summed E-state index contributed by atoms with van der Waals surface area (Å²) in [5.41, 5.74) is 1.67. The van der Waals surface area contributed by atoms with E-state index in [4.69, 9.17) is 4.74 Å². The fraction of sp³-hybridized carbons (Fsp3) is 0.778. The van der Waals surface area contributed by atoms with E-state index in [0.717, 1.165) is 11.3 Å². The van der Waals surface area contributed by atoms with Gasteiger partial charge in [0.1, 0.15) is 5.69 Å². The summed E-state index contributed by atoms with van der Waals surface area (Å²) >= 11 is 0. The molecule has 1 aromatic rings. The lowest BCUT2D eigenvalue weighted by Crippen LogP contribution is -2.44. The average molecular weight is 337 g/mol. The van der Waals surface area contributed by atoms with Gasteiger partial charge in [0.05, 0.1) is 23.5 Å². The zero-order valence-corrected chi connectivity index (χ0v) is 15.8. The Bertz CT molecular complexity index is 593. The Labute approximate surface area is 144 Å². The monoisotopic (exact) mass is 337 g/mol. The van der Waals surface area contributed by atoms with E-state index in [0.29, 0.717) is 38.0 Å². The lowest BCUT2D eigenvalue weighted by molar-refractivity contribution is -0.00744. The summed E-state index contributed by atoms with van der Waals surface area (Å²) in [7, 11) is 1.75. The van der Waals surface area contributed by atoms with E-state index in [1.54, 1.807) is 16.6 Å². The van der Waals surface area contributed by atoms with Gasteiger partial charge in [-0.15, -0.1) is 0 Å². The zero-order chi connectivity index (χ0) is 18.1. The maximum absolute atomic E-state index is 13.1. The molecule has 0 aromatic carbocycles. The lowest BCUT2D eigenvalue weighted by atomic mass is 9.96. The molecule has 2 rings (SSSR count). The van der Waals surface area contributed by atoms with Crippen molar-refractivity contribution in [2.75, 3.05) is 13.6 Å². The minimum atomic E-state index is -0.842. The number of nitrogens with zero attached hydrogens (tertiary/aromatic N) is 3. The third-order valence-corrected chi connectivity index (χ3v) is 5.09. The number of amides is 1. The summed E-state index contributed by atoms with van der Waals surface area (Å²) < 4.78 is 7.62. The lowest BCUT2D eigenvalue weighted by Gasteiger charge is -2.31. The number of ether oxygens (including phenoxy) is 1. The normalized spacial score (nSPS) is 20.8. The van der Waals surface area contributed by atoms with Crippen LogP contribution in [0.3, 0.4) is 0 Å². The van der Waals surface area contributed by atoms with Gasteiger partial charge in [-0.3, -0.25) is 9.48 Å². The number of likely N-dealkylation sites (N-methyl/N-ethyl adjacent to an activating group) is 1. The second kappa shape index (κ2) is 7.23.